The van der Waals surface area contributed by atoms with Crippen LogP contribution in [0.2, 0.25) is 0 Å². The van der Waals surface area contributed by atoms with Crippen molar-refractivity contribution in [2.75, 3.05) is 13.6 Å². The molecular weight excluding hydrogens is 288 g/mol. The smallest absolute Gasteiger partial charge is 0.126 e. The van der Waals surface area contributed by atoms with Gasteiger partial charge in [-0.05, 0) is 27.8 Å². The quantitative estimate of drug-likeness (QED) is 0.846. The lowest BCUT2D eigenvalue weighted by molar-refractivity contribution is 0.152. The molecule has 0 saturated carbocycles. The number of aromatic nitrogens is 4. The van der Waals surface area contributed by atoms with Crippen LogP contribution >= 0.6 is 0 Å². The van der Waals surface area contributed by atoms with Crippen LogP contribution in [0.3, 0.4) is 0 Å². The van der Waals surface area contributed by atoms with Gasteiger partial charge in [-0.3, -0.25) is 14.5 Å². The predicted octanol–water partition coefficient (Wildman–Crippen LogP) is 2.03. The number of nitrogens with zero attached hydrogens (tertiary/aromatic N) is 6. The van der Waals surface area contributed by atoms with Crippen molar-refractivity contribution in [2.45, 2.75) is 52.5 Å². The Morgan fingerprint density at radius 3 is 2.74 bits per heavy atom. The van der Waals surface area contributed by atoms with Gasteiger partial charge in [-0.1, -0.05) is 0 Å². The number of hydrogen-bond donors (Lipinski definition) is 0. The maximum absolute atomic E-state index is 4.72. The summed E-state index contributed by atoms with van der Waals surface area (Å²) in [6.07, 6.45) is 6.10. The third-order valence-electron chi connectivity index (χ3n) is 4.94. The number of rotatable bonds is 5. The number of hydrogen-bond acceptors (Lipinski definition) is 4. The minimum absolute atomic E-state index is 0.335. The third kappa shape index (κ3) is 3.33. The molecule has 0 saturated heterocycles. The molecule has 0 aromatic carbocycles. The van der Waals surface area contributed by atoms with E-state index in [0.29, 0.717) is 12.1 Å². The van der Waals surface area contributed by atoms with Gasteiger partial charge in [-0.15, -0.1) is 0 Å². The van der Waals surface area contributed by atoms with Gasteiger partial charge in [0.05, 0.1) is 17.9 Å². The fourth-order valence-electron chi connectivity index (χ4n) is 3.17. The van der Waals surface area contributed by atoms with Crippen molar-refractivity contribution in [3.63, 3.8) is 0 Å². The number of imidazole rings is 1. The maximum atomic E-state index is 4.72. The van der Waals surface area contributed by atoms with Crippen LogP contribution in [0.5, 0.6) is 0 Å². The first-order valence-corrected chi connectivity index (χ1v) is 8.42. The molecule has 1 atom stereocenters. The van der Waals surface area contributed by atoms with Gasteiger partial charge in [0, 0.05) is 57.2 Å². The Bertz CT molecular complexity index is 656. The van der Waals surface area contributed by atoms with E-state index >= 15 is 0 Å². The molecule has 6 nitrogen and oxygen atoms in total. The Hall–Kier alpha value is -1.66. The van der Waals surface area contributed by atoms with Crippen LogP contribution in [0.25, 0.3) is 0 Å². The Labute approximate surface area is 138 Å². The molecule has 1 aliphatic rings. The van der Waals surface area contributed by atoms with Gasteiger partial charge in [0.15, 0.2) is 0 Å². The summed E-state index contributed by atoms with van der Waals surface area (Å²) in [5.74, 6) is 1.19. The van der Waals surface area contributed by atoms with Crippen LogP contribution in [0, 0.1) is 0 Å². The highest BCUT2D eigenvalue weighted by molar-refractivity contribution is 5.12. The maximum Gasteiger partial charge on any atom is 0.126 e. The molecule has 0 unspecified atom stereocenters. The van der Waals surface area contributed by atoms with Gasteiger partial charge in [0.2, 0.25) is 0 Å². The standard InChI is InChI=1S/C17H28N6/c1-13(2)20(4)12-16-9-18-17-14(3)22(6-7-23(16)17)11-15-8-19-21(5)10-15/h8-10,13-14H,6-7,11-12H2,1-5H3/t14-/m1/s1. The van der Waals surface area contributed by atoms with Gasteiger partial charge in [0.1, 0.15) is 5.82 Å². The SMILES string of the molecule is CC(C)N(C)Cc1cnc2n1CCN(Cc1cnn(C)c1)[C@@H]2C. The summed E-state index contributed by atoms with van der Waals surface area (Å²) in [6, 6.07) is 0.881. The highest BCUT2D eigenvalue weighted by Crippen LogP contribution is 2.27. The monoisotopic (exact) mass is 316 g/mol. The normalized spacial score (nSPS) is 18.8. The lowest BCUT2D eigenvalue weighted by atomic mass is 10.2. The Morgan fingerprint density at radius 2 is 2.09 bits per heavy atom. The molecule has 2 aromatic heterocycles. The first-order valence-electron chi connectivity index (χ1n) is 8.42. The van der Waals surface area contributed by atoms with Crippen LogP contribution in [0.4, 0.5) is 0 Å². The van der Waals surface area contributed by atoms with Crippen LogP contribution < -0.4 is 0 Å². The van der Waals surface area contributed by atoms with Crippen LogP contribution in [-0.4, -0.2) is 48.8 Å². The lowest BCUT2D eigenvalue weighted by Gasteiger charge is -2.34. The second kappa shape index (κ2) is 6.45. The summed E-state index contributed by atoms with van der Waals surface area (Å²) in [5, 5.41) is 4.27. The molecule has 1 aliphatic heterocycles. The van der Waals surface area contributed by atoms with Crippen molar-refractivity contribution in [1.82, 2.24) is 29.1 Å². The average Bonchev–Trinajstić information content (AvgIpc) is 3.09. The summed E-state index contributed by atoms with van der Waals surface area (Å²) in [6.45, 7) is 10.7. The van der Waals surface area contributed by atoms with E-state index in [1.54, 1.807) is 0 Å². The van der Waals surface area contributed by atoms with Gasteiger partial charge >= 0.3 is 0 Å². The molecule has 0 amide bonds. The van der Waals surface area contributed by atoms with E-state index in [0.717, 1.165) is 26.2 Å². The molecule has 6 heteroatoms. The zero-order valence-corrected chi connectivity index (χ0v) is 14.9. The largest absolute Gasteiger partial charge is 0.328 e. The highest BCUT2D eigenvalue weighted by atomic mass is 15.3. The predicted molar refractivity (Wildman–Crippen MR) is 90.9 cm³/mol. The topological polar surface area (TPSA) is 42.1 Å². The van der Waals surface area contributed by atoms with Gasteiger partial charge < -0.3 is 4.57 Å². The van der Waals surface area contributed by atoms with Crippen molar-refractivity contribution in [3.05, 3.63) is 35.7 Å². The molecule has 0 fully saturated rings. The Morgan fingerprint density at radius 1 is 1.30 bits per heavy atom. The first kappa shape index (κ1) is 16.2. The second-order valence-electron chi connectivity index (χ2n) is 6.94. The minimum atomic E-state index is 0.335. The molecule has 3 rings (SSSR count). The van der Waals surface area contributed by atoms with Gasteiger partial charge in [0.25, 0.3) is 0 Å². The van der Waals surface area contributed by atoms with Gasteiger partial charge in [-0.2, -0.15) is 5.10 Å². The van der Waals surface area contributed by atoms with E-state index in [-0.39, 0.29) is 0 Å². The zero-order valence-electron chi connectivity index (χ0n) is 14.9. The molecule has 0 radical (unpaired) electrons. The molecule has 0 bridgehead atoms. The second-order valence-corrected chi connectivity index (χ2v) is 6.94. The molecule has 126 valence electrons. The third-order valence-corrected chi connectivity index (χ3v) is 4.94. The molecular formula is C17H28N6. The zero-order chi connectivity index (χ0) is 16.6. The summed E-state index contributed by atoms with van der Waals surface area (Å²) in [4.78, 5) is 9.56. The fraction of sp³-hybridized carbons (Fsp3) is 0.647. The van der Waals surface area contributed by atoms with Crippen molar-refractivity contribution in [3.8, 4) is 0 Å². The van der Waals surface area contributed by atoms with E-state index in [9.17, 15) is 0 Å². The van der Waals surface area contributed by atoms with Crippen LogP contribution in [-0.2, 0) is 26.7 Å². The van der Waals surface area contributed by atoms with Crippen molar-refractivity contribution in [2.24, 2.45) is 7.05 Å². The molecule has 23 heavy (non-hydrogen) atoms. The van der Waals surface area contributed by atoms with E-state index < -0.39 is 0 Å². The number of fused-ring (bicyclic) bond motifs is 1. The molecule has 3 heterocycles. The molecule has 2 aromatic rings. The molecule has 0 N–H and O–H groups in total. The van der Waals surface area contributed by atoms with E-state index in [1.807, 2.05) is 17.9 Å². The Kier molecular flexibility index (Phi) is 4.55. The molecule has 0 spiro atoms. The summed E-state index contributed by atoms with van der Waals surface area (Å²) in [7, 11) is 4.14. The first-order chi connectivity index (χ1) is 11.0. The van der Waals surface area contributed by atoms with Crippen LogP contribution in [0.15, 0.2) is 18.6 Å². The number of aryl methyl sites for hydroxylation is 1. The summed E-state index contributed by atoms with van der Waals surface area (Å²) >= 11 is 0. The van der Waals surface area contributed by atoms with Crippen LogP contribution in [0.1, 0.15) is 43.9 Å². The van der Waals surface area contributed by atoms with E-state index in [4.69, 9.17) is 4.98 Å². The fourth-order valence-corrected chi connectivity index (χ4v) is 3.17. The van der Waals surface area contributed by atoms with Crippen molar-refractivity contribution >= 4 is 0 Å². The van der Waals surface area contributed by atoms with Gasteiger partial charge in [-0.25, -0.2) is 4.98 Å². The van der Waals surface area contributed by atoms with Crippen molar-refractivity contribution in [1.29, 1.82) is 0 Å². The van der Waals surface area contributed by atoms with E-state index in [2.05, 4.69) is 59.7 Å². The summed E-state index contributed by atoms with van der Waals surface area (Å²) in [5.41, 5.74) is 2.59. The van der Waals surface area contributed by atoms with Crippen molar-refractivity contribution < 1.29 is 0 Å². The molecule has 0 aliphatic carbocycles. The lowest BCUT2D eigenvalue weighted by Crippen LogP contribution is -2.37. The minimum Gasteiger partial charge on any atom is -0.328 e. The highest BCUT2D eigenvalue weighted by Gasteiger charge is 2.27. The van der Waals surface area contributed by atoms with E-state index in [1.165, 1.54) is 17.1 Å². The average molecular weight is 316 g/mol. The Balaban J connectivity index is 1.73. The summed E-state index contributed by atoms with van der Waals surface area (Å²) < 4.78 is 4.27.